The molecule has 3 aromatic rings. The van der Waals surface area contributed by atoms with Gasteiger partial charge in [-0.25, -0.2) is 13.4 Å². The topological polar surface area (TPSA) is 63.2 Å². The molecule has 1 aromatic carbocycles. The first-order chi connectivity index (χ1) is 13.0. The molecule has 0 aliphatic carbocycles. The number of pyridine rings is 2. The zero-order chi connectivity index (χ0) is 18.9. The highest BCUT2D eigenvalue weighted by molar-refractivity contribution is 7.90. The summed E-state index contributed by atoms with van der Waals surface area (Å²) in [6.45, 7) is 1.88. The predicted octanol–water partition coefficient (Wildman–Crippen LogP) is 3.49. The summed E-state index contributed by atoms with van der Waals surface area (Å²) in [6, 6.07) is 13.3. The molecule has 3 heterocycles. The maximum absolute atomic E-state index is 11.8. The van der Waals surface area contributed by atoms with E-state index in [1.54, 1.807) is 6.07 Å². The van der Waals surface area contributed by atoms with E-state index in [1.807, 2.05) is 42.7 Å². The number of piperidine rings is 1. The Labute approximate surface area is 160 Å². The molecule has 1 atom stereocenters. The maximum atomic E-state index is 11.8. The number of fused-ring (bicyclic) bond motifs is 1. The maximum Gasteiger partial charge on any atom is 0.175 e. The summed E-state index contributed by atoms with van der Waals surface area (Å²) in [5.41, 5.74) is 2.02. The Balaban J connectivity index is 1.55. The number of sulfone groups is 1. The summed E-state index contributed by atoms with van der Waals surface area (Å²) in [6.07, 6.45) is 8.02. The molecular weight excluding hydrogens is 358 g/mol. The van der Waals surface area contributed by atoms with Gasteiger partial charge >= 0.3 is 0 Å². The Morgan fingerprint density at radius 3 is 2.85 bits per heavy atom. The van der Waals surface area contributed by atoms with Gasteiger partial charge in [-0.2, -0.15) is 0 Å². The van der Waals surface area contributed by atoms with Gasteiger partial charge in [-0.1, -0.05) is 18.2 Å². The third-order valence-electron chi connectivity index (χ3n) is 5.17. The second kappa shape index (κ2) is 7.27. The third-order valence-corrected chi connectivity index (χ3v) is 6.28. The van der Waals surface area contributed by atoms with E-state index in [1.165, 1.54) is 6.26 Å². The Hall–Kier alpha value is -2.47. The van der Waals surface area contributed by atoms with Gasteiger partial charge in [0.25, 0.3) is 0 Å². The molecule has 4 rings (SSSR count). The van der Waals surface area contributed by atoms with Gasteiger partial charge in [-0.3, -0.25) is 4.98 Å². The number of hydrogen-bond acceptors (Lipinski definition) is 5. The number of aromatic nitrogens is 2. The number of anilines is 1. The fourth-order valence-electron chi connectivity index (χ4n) is 3.88. The molecule has 27 heavy (non-hydrogen) atoms. The van der Waals surface area contributed by atoms with Gasteiger partial charge in [-0.05, 0) is 55.0 Å². The molecule has 6 heteroatoms. The molecular formula is C21H23N3O2S. The van der Waals surface area contributed by atoms with Gasteiger partial charge in [0.15, 0.2) is 15.7 Å². The van der Waals surface area contributed by atoms with E-state index in [-0.39, 0.29) is 0 Å². The zero-order valence-corrected chi connectivity index (χ0v) is 16.2. The lowest BCUT2D eigenvalue weighted by Gasteiger charge is -2.34. The van der Waals surface area contributed by atoms with Crippen molar-refractivity contribution in [2.24, 2.45) is 5.92 Å². The van der Waals surface area contributed by atoms with Gasteiger partial charge in [0.05, 0.1) is 4.90 Å². The SMILES string of the molecule is CS(=O)(=O)c1cccc(CC2CCCN(c3nccc4cccnc34)C2)c1. The molecule has 0 saturated carbocycles. The second-order valence-corrected chi connectivity index (χ2v) is 9.30. The van der Waals surface area contributed by atoms with Crippen molar-refractivity contribution in [1.82, 2.24) is 9.97 Å². The van der Waals surface area contributed by atoms with Crippen molar-refractivity contribution in [3.05, 3.63) is 60.4 Å². The fourth-order valence-corrected chi connectivity index (χ4v) is 4.57. The normalized spacial score (nSPS) is 18.0. The number of rotatable bonds is 4. The third kappa shape index (κ3) is 3.95. The lowest BCUT2D eigenvalue weighted by molar-refractivity contribution is 0.411. The average molecular weight is 382 g/mol. The summed E-state index contributed by atoms with van der Waals surface area (Å²) in [5.74, 6) is 1.41. The Morgan fingerprint density at radius 1 is 1.11 bits per heavy atom. The van der Waals surface area contributed by atoms with Gasteiger partial charge in [-0.15, -0.1) is 0 Å². The van der Waals surface area contributed by atoms with Gasteiger partial charge in [0.2, 0.25) is 0 Å². The second-order valence-electron chi connectivity index (χ2n) is 7.29. The zero-order valence-electron chi connectivity index (χ0n) is 15.4. The van der Waals surface area contributed by atoms with Crippen LogP contribution in [0, 0.1) is 5.92 Å². The fraction of sp³-hybridized carbons (Fsp3) is 0.333. The smallest absolute Gasteiger partial charge is 0.175 e. The summed E-state index contributed by atoms with van der Waals surface area (Å²) in [5, 5.41) is 1.10. The van der Waals surface area contributed by atoms with Gasteiger partial charge in [0, 0.05) is 37.1 Å². The van der Waals surface area contributed by atoms with E-state index in [9.17, 15) is 8.42 Å². The van der Waals surface area contributed by atoms with E-state index < -0.39 is 9.84 Å². The van der Waals surface area contributed by atoms with E-state index >= 15 is 0 Å². The highest BCUT2D eigenvalue weighted by atomic mass is 32.2. The van der Waals surface area contributed by atoms with Crippen molar-refractivity contribution in [1.29, 1.82) is 0 Å². The molecule has 0 amide bonds. The lowest BCUT2D eigenvalue weighted by Crippen LogP contribution is -2.37. The van der Waals surface area contributed by atoms with Gasteiger partial charge in [0.1, 0.15) is 5.52 Å². The van der Waals surface area contributed by atoms with E-state index in [4.69, 9.17) is 0 Å². The first-order valence-corrected chi connectivity index (χ1v) is 11.1. The Morgan fingerprint density at radius 2 is 2.00 bits per heavy atom. The molecule has 1 aliphatic heterocycles. The van der Waals surface area contributed by atoms with E-state index in [0.717, 1.165) is 54.6 Å². The van der Waals surface area contributed by atoms with Crippen molar-refractivity contribution in [3.8, 4) is 0 Å². The van der Waals surface area contributed by atoms with Crippen molar-refractivity contribution in [2.45, 2.75) is 24.2 Å². The number of benzene rings is 1. The molecule has 0 spiro atoms. The molecule has 1 fully saturated rings. The van der Waals surface area contributed by atoms with Crippen LogP contribution in [0.25, 0.3) is 10.9 Å². The molecule has 5 nitrogen and oxygen atoms in total. The largest absolute Gasteiger partial charge is 0.355 e. The van der Waals surface area contributed by atoms with Gasteiger partial charge < -0.3 is 4.90 Å². The minimum absolute atomic E-state index is 0.396. The molecule has 0 N–H and O–H groups in total. The van der Waals surface area contributed by atoms with Crippen molar-refractivity contribution >= 4 is 26.6 Å². The standard InChI is InChI=1S/C21H23N3O2S/c1-27(25,26)19-8-2-5-16(14-19)13-17-6-4-12-24(15-17)21-20-18(9-11-23-21)7-3-10-22-20/h2-3,5,7-11,14,17H,4,6,12-13,15H2,1H3. The molecule has 1 aliphatic rings. The van der Waals surface area contributed by atoms with Crippen LogP contribution in [0.2, 0.25) is 0 Å². The number of hydrogen-bond donors (Lipinski definition) is 0. The van der Waals surface area contributed by atoms with Crippen LogP contribution >= 0.6 is 0 Å². The van der Waals surface area contributed by atoms with Crippen LogP contribution < -0.4 is 4.90 Å². The van der Waals surface area contributed by atoms with Crippen molar-refractivity contribution < 1.29 is 8.42 Å². The van der Waals surface area contributed by atoms with Crippen LogP contribution in [0.15, 0.2) is 59.8 Å². The van der Waals surface area contributed by atoms with Crippen LogP contribution in [0.5, 0.6) is 0 Å². The molecule has 2 aromatic heterocycles. The lowest BCUT2D eigenvalue weighted by atomic mass is 9.91. The minimum Gasteiger partial charge on any atom is -0.355 e. The van der Waals surface area contributed by atoms with Crippen LogP contribution in [0.3, 0.4) is 0 Å². The Kier molecular flexibility index (Phi) is 4.83. The average Bonchev–Trinajstić information content (AvgIpc) is 2.67. The first kappa shape index (κ1) is 17.9. The molecule has 0 bridgehead atoms. The molecule has 1 saturated heterocycles. The molecule has 1 unspecified atom stereocenters. The highest BCUT2D eigenvalue weighted by Gasteiger charge is 2.23. The van der Waals surface area contributed by atoms with Crippen LogP contribution in [-0.4, -0.2) is 37.7 Å². The number of nitrogens with zero attached hydrogens (tertiary/aromatic N) is 3. The van der Waals surface area contributed by atoms with Crippen LogP contribution in [-0.2, 0) is 16.3 Å². The monoisotopic (exact) mass is 381 g/mol. The minimum atomic E-state index is -3.17. The van der Waals surface area contributed by atoms with Crippen molar-refractivity contribution in [3.63, 3.8) is 0 Å². The molecule has 0 radical (unpaired) electrons. The Bertz CT molecular complexity index is 1060. The van der Waals surface area contributed by atoms with Crippen LogP contribution in [0.1, 0.15) is 18.4 Å². The van der Waals surface area contributed by atoms with E-state index in [2.05, 4.69) is 20.9 Å². The highest BCUT2D eigenvalue weighted by Crippen LogP contribution is 2.28. The quantitative estimate of drug-likeness (QED) is 0.692. The summed E-state index contributed by atoms with van der Waals surface area (Å²) >= 11 is 0. The van der Waals surface area contributed by atoms with E-state index in [0.29, 0.717) is 10.8 Å². The first-order valence-electron chi connectivity index (χ1n) is 9.24. The van der Waals surface area contributed by atoms with Crippen molar-refractivity contribution in [2.75, 3.05) is 24.2 Å². The summed E-state index contributed by atoms with van der Waals surface area (Å²) < 4.78 is 23.6. The summed E-state index contributed by atoms with van der Waals surface area (Å²) in [4.78, 5) is 11.9. The summed E-state index contributed by atoms with van der Waals surface area (Å²) in [7, 11) is -3.17. The predicted molar refractivity (Wildman–Crippen MR) is 108 cm³/mol. The molecule has 140 valence electrons. The van der Waals surface area contributed by atoms with Crippen LogP contribution in [0.4, 0.5) is 5.82 Å².